The molecule has 2 aromatic carbocycles. The second kappa shape index (κ2) is 11.3. The third kappa shape index (κ3) is 7.01. The number of carboxylic acids is 1. The lowest BCUT2D eigenvalue weighted by molar-refractivity contribution is -0.143. The molecule has 6 nitrogen and oxygen atoms in total. The Bertz CT molecular complexity index is 1400. The number of nitrogens with one attached hydrogen (secondary N) is 2. The van der Waals surface area contributed by atoms with Crippen molar-refractivity contribution in [1.29, 1.82) is 0 Å². The summed E-state index contributed by atoms with van der Waals surface area (Å²) >= 11 is 0. The maximum Gasteiger partial charge on any atom is 0.416 e. The number of hydrogen-bond acceptors (Lipinski definition) is 4. The minimum atomic E-state index is -5.05. The Morgan fingerprint density at radius 3 is 2.33 bits per heavy atom. The Kier molecular flexibility index (Phi) is 8.03. The summed E-state index contributed by atoms with van der Waals surface area (Å²) < 4.78 is 86.3. The quantitative estimate of drug-likeness (QED) is 0.145. The van der Waals surface area contributed by atoms with E-state index < -0.39 is 47.4 Å². The summed E-state index contributed by atoms with van der Waals surface area (Å²) in [6, 6.07) is 11.5. The smallest absolute Gasteiger partial charge is 0.416 e. The molecule has 206 valence electrons. The second-order valence-electron chi connectivity index (χ2n) is 8.78. The number of carbonyl (C=O) groups is 1. The number of H-pyrrole nitrogens is 1. The van der Waals surface area contributed by atoms with E-state index in [1.807, 2.05) is 12.1 Å². The molecular formula is C27H23F6N3O3. The molecule has 0 aliphatic carbocycles. The summed E-state index contributed by atoms with van der Waals surface area (Å²) in [6.07, 6.45) is -7.10. The number of anilines is 1. The van der Waals surface area contributed by atoms with Crippen LogP contribution < -0.4 is 10.1 Å². The van der Waals surface area contributed by atoms with Crippen molar-refractivity contribution in [2.24, 2.45) is 0 Å². The van der Waals surface area contributed by atoms with E-state index in [0.717, 1.165) is 5.82 Å². The molecule has 2 heterocycles. The van der Waals surface area contributed by atoms with Crippen molar-refractivity contribution in [3.63, 3.8) is 0 Å². The van der Waals surface area contributed by atoms with Crippen LogP contribution in [0.3, 0.4) is 0 Å². The number of alkyl halides is 6. The fraction of sp³-hybridized carbons (Fsp3) is 0.259. The van der Waals surface area contributed by atoms with Crippen LogP contribution in [0.1, 0.15) is 41.0 Å². The van der Waals surface area contributed by atoms with E-state index in [2.05, 4.69) is 15.3 Å². The van der Waals surface area contributed by atoms with E-state index in [-0.39, 0.29) is 11.6 Å². The van der Waals surface area contributed by atoms with Crippen LogP contribution in [0, 0.1) is 0 Å². The number of hydrogen-bond donors (Lipinski definition) is 3. The van der Waals surface area contributed by atoms with E-state index in [1.165, 1.54) is 6.20 Å². The van der Waals surface area contributed by atoms with Gasteiger partial charge in [-0.2, -0.15) is 26.3 Å². The van der Waals surface area contributed by atoms with Gasteiger partial charge in [0.2, 0.25) is 0 Å². The zero-order valence-electron chi connectivity index (χ0n) is 20.2. The number of fused-ring (bicyclic) bond motifs is 1. The monoisotopic (exact) mass is 551 g/mol. The highest BCUT2D eigenvalue weighted by molar-refractivity contribution is 5.86. The first-order valence-electron chi connectivity index (χ1n) is 11.8. The molecule has 4 rings (SSSR count). The molecule has 0 spiro atoms. The highest BCUT2D eigenvalue weighted by atomic mass is 19.4. The molecule has 2 aromatic heterocycles. The van der Waals surface area contributed by atoms with Crippen molar-refractivity contribution in [3.8, 4) is 5.75 Å². The van der Waals surface area contributed by atoms with Crippen molar-refractivity contribution in [2.75, 3.05) is 18.5 Å². The largest absolute Gasteiger partial charge is 0.493 e. The van der Waals surface area contributed by atoms with E-state index in [4.69, 9.17) is 4.74 Å². The maximum atomic E-state index is 13.4. The van der Waals surface area contributed by atoms with Gasteiger partial charge in [-0.05, 0) is 60.0 Å². The second-order valence-corrected chi connectivity index (χ2v) is 8.78. The molecule has 0 saturated heterocycles. The predicted molar refractivity (Wildman–Crippen MR) is 132 cm³/mol. The molecule has 4 aromatic rings. The SMILES string of the molecule is O=C(O)CC(c1cc(C(F)(F)F)cc(C(F)(F)F)c1)c1c[nH]c2cc(OCCCNc3ccccn3)ccc12. The van der Waals surface area contributed by atoms with E-state index >= 15 is 0 Å². The van der Waals surface area contributed by atoms with Crippen LogP contribution in [0.4, 0.5) is 32.2 Å². The number of benzene rings is 2. The molecule has 1 atom stereocenters. The van der Waals surface area contributed by atoms with Crippen molar-refractivity contribution in [3.05, 3.63) is 89.2 Å². The number of nitrogens with zero attached hydrogens (tertiary/aromatic N) is 1. The van der Waals surface area contributed by atoms with Crippen molar-refractivity contribution in [2.45, 2.75) is 31.1 Å². The molecule has 0 fully saturated rings. The Hall–Kier alpha value is -4.22. The van der Waals surface area contributed by atoms with Crippen molar-refractivity contribution in [1.82, 2.24) is 9.97 Å². The molecule has 0 saturated carbocycles. The number of aromatic nitrogens is 2. The lowest BCUT2D eigenvalue weighted by atomic mass is 9.86. The molecule has 0 bridgehead atoms. The van der Waals surface area contributed by atoms with Gasteiger partial charge in [0.05, 0.1) is 24.2 Å². The first-order chi connectivity index (χ1) is 18.4. The molecule has 0 radical (unpaired) electrons. The summed E-state index contributed by atoms with van der Waals surface area (Å²) in [4.78, 5) is 18.7. The highest BCUT2D eigenvalue weighted by Crippen LogP contribution is 2.41. The Labute approximate surface area is 218 Å². The molecule has 0 aliphatic rings. The van der Waals surface area contributed by atoms with Gasteiger partial charge in [0.1, 0.15) is 11.6 Å². The summed E-state index contributed by atoms with van der Waals surface area (Å²) in [6.45, 7) is 0.977. The summed E-state index contributed by atoms with van der Waals surface area (Å²) in [5.74, 6) is -1.43. The minimum Gasteiger partial charge on any atom is -0.493 e. The average Bonchev–Trinajstić information content (AvgIpc) is 3.29. The Morgan fingerprint density at radius 1 is 1.00 bits per heavy atom. The molecular weight excluding hydrogens is 528 g/mol. The number of aliphatic carboxylic acids is 1. The standard InChI is InChI=1S/C27H23F6N3O3/c28-26(29,30)17-10-16(11-18(12-17)27(31,32)33)21(14-25(37)38)22-15-36-23-13-19(5-6-20(22)23)39-9-3-8-35-24-4-1-2-7-34-24/h1-2,4-7,10-13,15,21,36H,3,8-9,14H2,(H,34,35)(H,37,38). The number of halogens is 6. The van der Waals surface area contributed by atoms with Crippen molar-refractivity contribution >= 4 is 22.7 Å². The lowest BCUT2D eigenvalue weighted by Crippen LogP contribution is -2.14. The number of pyridine rings is 1. The average molecular weight is 551 g/mol. The van der Waals surface area contributed by atoms with Crippen LogP contribution in [-0.2, 0) is 17.1 Å². The molecule has 0 amide bonds. The van der Waals surface area contributed by atoms with Crippen LogP contribution in [0.15, 0.2) is 67.0 Å². The van der Waals surface area contributed by atoms with Crippen molar-refractivity contribution < 1.29 is 41.0 Å². The van der Waals surface area contributed by atoms with Gasteiger partial charge >= 0.3 is 18.3 Å². The third-order valence-electron chi connectivity index (χ3n) is 6.01. The third-order valence-corrected chi connectivity index (χ3v) is 6.01. The van der Waals surface area contributed by atoms with Gasteiger partial charge in [0.25, 0.3) is 0 Å². The normalized spacial score (nSPS) is 12.9. The first kappa shape index (κ1) is 27.8. The minimum absolute atomic E-state index is 0.0199. The number of carboxylic acid groups (broad SMARTS) is 1. The van der Waals surface area contributed by atoms with E-state index in [0.29, 0.717) is 48.4 Å². The highest BCUT2D eigenvalue weighted by Gasteiger charge is 2.38. The maximum absolute atomic E-state index is 13.4. The molecule has 3 N–H and O–H groups in total. The zero-order valence-corrected chi connectivity index (χ0v) is 20.2. The number of rotatable bonds is 10. The number of aromatic amines is 1. The van der Waals surface area contributed by atoms with Crippen LogP contribution in [0.25, 0.3) is 10.9 Å². The van der Waals surface area contributed by atoms with E-state index in [9.17, 15) is 36.2 Å². The molecule has 12 heteroatoms. The van der Waals surface area contributed by atoms with Gasteiger partial charge in [-0.15, -0.1) is 0 Å². The van der Waals surface area contributed by atoms with Gasteiger partial charge in [0.15, 0.2) is 0 Å². The van der Waals surface area contributed by atoms with Crippen LogP contribution in [0.2, 0.25) is 0 Å². The van der Waals surface area contributed by atoms with Gasteiger partial charge in [-0.3, -0.25) is 4.79 Å². The fourth-order valence-corrected chi connectivity index (χ4v) is 4.21. The van der Waals surface area contributed by atoms with Gasteiger partial charge in [-0.25, -0.2) is 4.98 Å². The molecule has 1 unspecified atom stereocenters. The Morgan fingerprint density at radius 2 is 1.72 bits per heavy atom. The fourth-order valence-electron chi connectivity index (χ4n) is 4.21. The van der Waals surface area contributed by atoms with Gasteiger partial charge in [-0.1, -0.05) is 6.07 Å². The molecule has 39 heavy (non-hydrogen) atoms. The van der Waals surface area contributed by atoms with Crippen LogP contribution >= 0.6 is 0 Å². The Balaban J connectivity index is 1.57. The lowest BCUT2D eigenvalue weighted by Gasteiger charge is -2.20. The predicted octanol–water partition coefficient (Wildman–Crippen LogP) is 7.09. The summed E-state index contributed by atoms with van der Waals surface area (Å²) in [5.41, 5.74) is -2.66. The summed E-state index contributed by atoms with van der Waals surface area (Å²) in [5, 5.41) is 13.1. The van der Waals surface area contributed by atoms with Gasteiger partial charge < -0.3 is 20.1 Å². The summed E-state index contributed by atoms with van der Waals surface area (Å²) in [7, 11) is 0. The van der Waals surface area contributed by atoms with Gasteiger partial charge in [0, 0.05) is 41.8 Å². The number of ether oxygens (including phenoxy) is 1. The van der Waals surface area contributed by atoms with Crippen LogP contribution in [0.5, 0.6) is 5.75 Å². The zero-order chi connectivity index (χ0) is 28.2. The molecule has 0 aliphatic heterocycles. The topological polar surface area (TPSA) is 87.2 Å². The van der Waals surface area contributed by atoms with E-state index in [1.54, 1.807) is 30.5 Å². The van der Waals surface area contributed by atoms with Crippen LogP contribution in [-0.4, -0.2) is 34.2 Å². The first-order valence-corrected chi connectivity index (χ1v) is 11.8.